The third-order valence-electron chi connectivity index (χ3n) is 8.86. The highest BCUT2D eigenvalue weighted by Crippen LogP contribution is 2.37. The Bertz CT molecular complexity index is 1390. The smallest absolute Gasteiger partial charge is 0.388 e. The number of aliphatic hydroxyl groups is 1. The SMILES string of the molecule is CCC(c1ccc(C(F)(F)F)cc1)N1C[C@H](C)N(c2nc(=O)n(C)c3c2ncn3CC2(O)CCCC2)C[C@H]1CC. The molecule has 0 bridgehead atoms. The van der Waals surface area contributed by atoms with E-state index in [1.165, 1.54) is 4.57 Å². The molecule has 8 nitrogen and oxygen atoms in total. The molecule has 1 N–H and O–H groups in total. The van der Waals surface area contributed by atoms with Gasteiger partial charge in [-0.05, 0) is 50.3 Å². The second-order valence-corrected chi connectivity index (χ2v) is 11.6. The summed E-state index contributed by atoms with van der Waals surface area (Å²) in [4.78, 5) is 26.7. The van der Waals surface area contributed by atoms with Crippen LogP contribution in [0.1, 0.15) is 76.5 Å². The molecule has 0 amide bonds. The van der Waals surface area contributed by atoms with Crippen molar-refractivity contribution in [1.29, 1.82) is 0 Å². The normalized spacial score (nSPS) is 22.8. The van der Waals surface area contributed by atoms with Crippen LogP contribution in [0.5, 0.6) is 0 Å². The van der Waals surface area contributed by atoms with E-state index in [4.69, 9.17) is 0 Å². The van der Waals surface area contributed by atoms with Crippen LogP contribution in [-0.4, -0.2) is 59.9 Å². The van der Waals surface area contributed by atoms with Gasteiger partial charge in [-0.3, -0.25) is 9.47 Å². The average Bonchev–Trinajstić information content (AvgIpc) is 3.53. The number of halogens is 3. The molecule has 1 aliphatic heterocycles. The average molecular weight is 561 g/mol. The molecule has 1 saturated carbocycles. The molecule has 1 unspecified atom stereocenters. The number of imidazole rings is 1. The topological polar surface area (TPSA) is 79.4 Å². The number of rotatable bonds is 7. The Balaban J connectivity index is 1.45. The molecule has 2 aromatic heterocycles. The zero-order chi connectivity index (χ0) is 28.8. The maximum Gasteiger partial charge on any atom is 0.416 e. The van der Waals surface area contributed by atoms with Crippen LogP contribution in [0, 0.1) is 0 Å². The summed E-state index contributed by atoms with van der Waals surface area (Å²) in [6, 6.07) is 5.58. The number of benzene rings is 1. The molecule has 5 rings (SSSR count). The summed E-state index contributed by atoms with van der Waals surface area (Å²) in [5.41, 5.74) is 0.334. The second kappa shape index (κ2) is 10.8. The largest absolute Gasteiger partial charge is 0.416 e. The number of anilines is 1. The van der Waals surface area contributed by atoms with Gasteiger partial charge in [-0.25, -0.2) is 9.78 Å². The number of hydrogen-bond acceptors (Lipinski definition) is 6. The molecular weight excluding hydrogens is 521 g/mol. The maximum atomic E-state index is 13.2. The van der Waals surface area contributed by atoms with E-state index < -0.39 is 17.3 Å². The first-order valence-electron chi connectivity index (χ1n) is 14.3. The van der Waals surface area contributed by atoms with E-state index >= 15 is 0 Å². The van der Waals surface area contributed by atoms with Gasteiger partial charge in [-0.15, -0.1) is 0 Å². The molecule has 1 aliphatic carbocycles. The zero-order valence-corrected chi connectivity index (χ0v) is 23.7. The van der Waals surface area contributed by atoms with Crippen molar-refractivity contribution in [3.8, 4) is 0 Å². The van der Waals surface area contributed by atoms with Gasteiger partial charge < -0.3 is 14.6 Å². The fourth-order valence-electron chi connectivity index (χ4n) is 6.68. The molecule has 3 atom stereocenters. The van der Waals surface area contributed by atoms with Crippen LogP contribution < -0.4 is 10.6 Å². The van der Waals surface area contributed by atoms with Crippen LogP contribution in [0.2, 0.25) is 0 Å². The predicted molar refractivity (Wildman–Crippen MR) is 148 cm³/mol. The van der Waals surface area contributed by atoms with Gasteiger partial charge in [0.15, 0.2) is 5.82 Å². The van der Waals surface area contributed by atoms with Crippen molar-refractivity contribution in [3.05, 3.63) is 52.2 Å². The number of nitrogens with zero attached hydrogens (tertiary/aromatic N) is 6. The molecule has 3 heterocycles. The minimum absolute atomic E-state index is 0.0155. The lowest BCUT2D eigenvalue weighted by molar-refractivity contribution is -0.137. The van der Waals surface area contributed by atoms with Crippen LogP contribution in [0.15, 0.2) is 35.4 Å². The van der Waals surface area contributed by atoms with Crippen LogP contribution >= 0.6 is 0 Å². The van der Waals surface area contributed by atoms with Crippen LogP contribution in [0.4, 0.5) is 19.0 Å². The standard InChI is InChI=1S/C29H39F3N6O2/c1-5-22-16-37(19(3)15-38(22)23(6-2)20-9-11-21(12-10-20)29(30,31)32)25-24-26(35(4)27(39)34-25)36(18-33-24)17-28(40)13-7-8-14-28/h9-12,18-19,22-23,40H,5-8,13-17H2,1-4H3/t19-,22+,23?/m0/s1. The van der Waals surface area contributed by atoms with Gasteiger partial charge in [0, 0.05) is 38.3 Å². The Morgan fingerprint density at radius 2 is 1.80 bits per heavy atom. The number of hydrogen-bond donors (Lipinski definition) is 1. The Labute approximate surface area is 232 Å². The first-order chi connectivity index (χ1) is 19.0. The lowest BCUT2D eigenvalue weighted by Gasteiger charge is -2.48. The van der Waals surface area contributed by atoms with Gasteiger partial charge in [0.2, 0.25) is 0 Å². The Morgan fingerprint density at radius 1 is 1.12 bits per heavy atom. The first-order valence-corrected chi connectivity index (χ1v) is 14.3. The minimum Gasteiger partial charge on any atom is -0.388 e. The van der Waals surface area contributed by atoms with Crippen molar-refractivity contribution in [3.63, 3.8) is 0 Å². The number of fused-ring (bicyclic) bond motifs is 1. The molecule has 40 heavy (non-hydrogen) atoms. The predicted octanol–water partition coefficient (Wildman–Crippen LogP) is 4.89. The highest BCUT2D eigenvalue weighted by Gasteiger charge is 2.38. The summed E-state index contributed by atoms with van der Waals surface area (Å²) in [5.74, 6) is 0.545. The lowest BCUT2D eigenvalue weighted by Crippen LogP contribution is -2.58. The minimum atomic E-state index is -4.36. The molecule has 218 valence electrons. The quantitative estimate of drug-likeness (QED) is 0.443. The summed E-state index contributed by atoms with van der Waals surface area (Å²) in [6.45, 7) is 7.91. The third-order valence-corrected chi connectivity index (χ3v) is 8.86. The van der Waals surface area contributed by atoms with Crippen molar-refractivity contribution >= 4 is 17.0 Å². The Morgan fingerprint density at radius 3 is 2.40 bits per heavy atom. The molecule has 11 heteroatoms. The van der Waals surface area contributed by atoms with E-state index in [1.54, 1.807) is 25.5 Å². The molecule has 0 spiro atoms. The molecule has 2 fully saturated rings. The summed E-state index contributed by atoms with van der Waals surface area (Å²) >= 11 is 0. The van der Waals surface area contributed by atoms with E-state index in [0.29, 0.717) is 36.6 Å². The van der Waals surface area contributed by atoms with E-state index in [2.05, 4.69) is 40.5 Å². The number of alkyl halides is 3. The van der Waals surface area contributed by atoms with E-state index in [0.717, 1.165) is 56.2 Å². The number of aryl methyl sites for hydroxylation is 1. The fraction of sp³-hybridized carbons (Fsp3) is 0.621. The monoisotopic (exact) mass is 560 g/mol. The number of piperazine rings is 1. The summed E-state index contributed by atoms with van der Waals surface area (Å²) in [7, 11) is 1.68. The van der Waals surface area contributed by atoms with Crippen LogP contribution in [0.3, 0.4) is 0 Å². The highest BCUT2D eigenvalue weighted by atomic mass is 19.4. The zero-order valence-electron chi connectivity index (χ0n) is 23.7. The summed E-state index contributed by atoms with van der Waals surface area (Å²) in [6.07, 6.45) is 2.36. The first kappa shape index (κ1) is 28.6. The molecule has 0 radical (unpaired) electrons. The summed E-state index contributed by atoms with van der Waals surface area (Å²) in [5, 5.41) is 11.0. The van der Waals surface area contributed by atoms with Gasteiger partial charge in [0.05, 0.1) is 24.0 Å². The third kappa shape index (κ3) is 5.25. The van der Waals surface area contributed by atoms with Gasteiger partial charge in [0.25, 0.3) is 0 Å². The van der Waals surface area contributed by atoms with Crippen molar-refractivity contribution in [2.45, 2.75) is 95.7 Å². The van der Waals surface area contributed by atoms with Gasteiger partial charge in [-0.2, -0.15) is 18.2 Å². The second-order valence-electron chi connectivity index (χ2n) is 11.6. The van der Waals surface area contributed by atoms with Gasteiger partial charge in [-0.1, -0.05) is 38.8 Å². The molecule has 3 aromatic rings. The van der Waals surface area contributed by atoms with Gasteiger partial charge >= 0.3 is 11.9 Å². The summed E-state index contributed by atoms with van der Waals surface area (Å²) < 4.78 is 42.8. The highest BCUT2D eigenvalue weighted by molar-refractivity contribution is 5.84. The molecule has 2 aliphatic rings. The van der Waals surface area contributed by atoms with Crippen LogP contribution in [0.25, 0.3) is 11.2 Å². The Kier molecular flexibility index (Phi) is 7.73. The van der Waals surface area contributed by atoms with E-state index in [9.17, 15) is 23.1 Å². The lowest BCUT2D eigenvalue weighted by atomic mass is 9.95. The molecule has 1 saturated heterocycles. The molecular formula is C29H39F3N6O2. The Hall–Kier alpha value is -2.92. The molecule has 1 aromatic carbocycles. The van der Waals surface area contributed by atoms with Crippen molar-refractivity contribution in [2.24, 2.45) is 7.05 Å². The van der Waals surface area contributed by atoms with Gasteiger partial charge in [0.1, 0.15) is 11.2 Å². The number of aromatic nitrogens is 4. The van der Waals surface area contributed by atoms with Crippen molar-refractivity contribution < 1.29 is 18.3 Å². The van der Waals surface area contributed by atoms with E-state index in [1.807, 2.05) is 4.57 Å². The fourth-order valence-corrected chi connectivity index (χ4v) is 6.68. The van der Waals surface area contributed by atoms with Crippen LogP contribution in [-0.2, 0) is 19.8 Å². The van der Waals surface area contributed by atoms with Crippen molar-refractivity contribution in [2.75, 3.05) is 18.0 Å². The van der Waals surface area contributed by atoms with Crippen molar-refractivity contribution in [1.82, 2.24) is 24.0 Å². The van der Waals surface area contributed by atoms with E-state index in [-0.39, 0.29) is 23.8 Å². The maximum absolute atomic E-state index is 13.2.